The van der Waals surface area contributed by atoms with Crippen molar-refractivity contribution in [2.75, 3.05) is 6.54 Å². The normalized spacial score (nSPS) is 23.8. The Morgan fingerprint density at radius 2 is 1.86 bits per heavy atom. The van der Waals surface area contributed by atoms with Gasteiger partial charge in [-0.2, -0.15) is 0 Å². The standard InChI is InChI=1S/C19H30N2/c1-17(2,3)21-15-19(16-8-7-11-20-12-16)13-18(14-19)9-5-4-6-10-18/h7-8,11-12,21H,4-6,9-10,13-15H2,1-3H3. The zero-order valence-electron chi connectivity index (χ0n) is 13.9. The lowest BCUT2D eigenvalue weighted by Gasteiger charge is -2.59. The molecule has 0 amide bonds. The van der Waals surface area contributed by atoms with E-state index in [1.54, 1.807) is 0 Å². The van der Waals surface area contributed by atoms with Crippen LogP contribution in [0.1, 0.15) is 71.3 Å². The second-order valence-electron chi connectivity index (χ2n) is 8.54. The van der Waals surface area contributed by atoms with Gasteiger partial charge in [-0.3, -0.25) is 4.98 Å². The highest BCUT2D eigenvalue weighted by Crippen LogP contribution is 2.61. The Hall–Kier alpha value is -0.890. The zero-order valence-corrected chi connectivity index (χ0v) is 13.9. The van der Waals surface area contributed by atoms with Crippen LogP contribution in [0.3, 0.4) is 0 Å². The highest BCUT2D eigenvalue weighted by Gasteiger charge is 2.54. The van der Waals surface area contributed by atoms with Crippen LogP contribution >= 0.6 is 0 Å². The maximum atomic E-state index is 4.38. The summed E-state index contributed by atoms with van der Waals surface area (Å²) in [5.41, 5.74) is 2.59. The maximum Gasteiger partial charge on any atom is 0.0306 e. The molecule has 2 fully saturated rings. The molecule has 2 aliphatic carbocycles. The van der Waals surface area contributed by atoms with Crippen LogP contribution in [0, 0.1) is 5.41 Å². The lowest BCUT2D eigenvalue weighted by molar-refractivity contribution is -0.0156. The molecule has 1 N–H and O–H groups in total. The van der Waals surface area contributed by atoms with Crippen molar-refractivity contribution < 1.29 is 0 Å². The number of nitrogens with zero attached hydrogens (tertiary/aromatic N) is 1. The summed E-state index contributed by atoms with van der Waals surface area (Å²) >= 11 is 0. The molecule has 2 nitrogen and oxygen atoms in total. The Morgan fingerprint density at radius 1 is 1.14 bits per heavy atom. The molecule has 0 saturated heterocycles. The first kappa shape index (κ1) is 15.0. The van der Waals surface area contributed by atoms with E-state index in [1.807, 2.05) is 6.20 Å². The smallest absolute Gasteiger partial charge is 0.0306 e. The number of rotatable bonds is 3. The fraction of sp³-hybridized carbons (Fsp3) is 0.737. The highest BCUT2D eigenvalue weighted by atomic mass is 15.0. The summed E-state index contributed by atoms with van der Waals surface area (Å²) < 4.78 is 0. The van der Waals surface area contributed by atoms with E-state index in [0.29, 0.717) is 10.8 Å². The lowest BCUT2D eigenvalue weighted by atomic mass is 9.46. The molecule has 0 bridgehead atoms. The van der Waals surface area contributed by atoms with Crippen molar-refractivity contribution in [3.05, 3.63) is 30.1 Å². The summed E-state index contributed by atoms with van der Waals surface area (Å²) in [6, 6.07) is 4.38. The van der Waals surface area contributed by atoms with Gasteiger partial charge in [0.1, 0.15) is 0 Å². The van der Waals surface area contributed by atoms with Gasteiger partial charge in [-0.25, -0.2) is 0 Å². The molecule has 21 heavy (non-hydrogen) atoms. The van der Waals surface area contributed by atoms with Gasteiger partial charge in [-0.15, -0.1) is 0 Å². The van der Waals surface area contributed by atoms with Crippen LogP contribution in [-0.4, -0.2) is 17.1 Å². The molecule has 1 spiro atoms. The van der Waals surface area contributed by atoms with E-state index in [2.05, 4.69) is 49.4 Å². The van der Waals surface area contributed by atoms with Crippen molar-refractivity contribution >= 4 is 0 Å². The lowest BCUT2D eigenvalue weighted by Crippen LogP contribution is -2.57. The van der Waals surface area contributed by atoms with Gasteiger partial charge in [-0.05, 0) is 63.5 Å². The van der Waals surface area contributed by atoms with Gasteiger partial charge in [0.15, 0.2) is 0 Å². The Balaban J connectivity index is 1.77. The predicted molar refractivity (Wildman–Crippen MR) is 88.4 cm³/mol. The average molecular weight is 286 g/mol. The Bertz CT molecular complexity index is 458. The number of hydrogen-bond acceptors (Lipinski definition) is 2. The van der Waals surface area contributed by atoms with Crippen LogP contribution in [-0.2, 0) is 5.41 Å². The number of pyridine rings is 1. The first-order chi connectivity index (χ1) is 9.93. The van der Waals surface area contributed by atoms with E-state index in [-0.39, 0.29) is 5.54 Å². The maximum absolute atomic E-state index is 4.38. The molecule has 2 aliphatic rings. The summed E-state index contributed by atoms with van der Waals surface area (Å²) in [5, 5.41) is 3.76. The quantitative estimate of drug-likeness (QED) is 0.888. The number of aromatic nitrogens is 1. The molecule has 0 radical (unpaired) electrons. The van der Waals surface area contributed by atoms with Crippen molar-refractivity contribution in [3.63, 3.8) is 0 Å². The van der Waals surface area contributed by atoms with E-state index in [0.717, 1.165) is 6.54 Å². The van der Waals surface area contributed by atoms with Gasteiger partial charge in [0, 0.05) is 29.9 Å². The third-order valence-corrected chi connectivity index (χ3v) is 5.57. The number of nitrogens with one attached hydrogen (secondary N) is 1. The molecule has 1 aromatic heterocycles. The van der Waals surface area contributed by atoms with Gasteiger partial charge in [0.2, 0.25) is 0 Å². The summed E-state index contributed by atoms with van der Waals surface area (Å²) in [5.74, 6) is 0. The number of hydrogen-bond donors (Lipinski definition) is 1. The molecule has 1 aromatic rings. The van der Waals surface area contributed by atoms with Crippen molar-refractivity contribution in [1.29, 1.82) is 0 Å². The first-order valence-corrected chi connectivity index (χ1v) is 8.59. The molecule has 3 rings (SSSR count). The molecule has 2 saturated carbocycles. The molecule has 0 aromatic carbocycles. The summed E-state index contributed by atoms with van der Waals surface area (Å²) in [4.78, 5) is 4.38. The minimum Gasteiger partial charge on any atom is -0.311 e. The third kappa shape index (κ3) is 3.15. The van der Waals surface area contributed by atoms with Crippen LogP contribution in [0.2, 0.25) is 0 Å². The van der Waals surface area contributed by atoms with E-state index >= 15 is 0 Å². The molecule has 0 aliphatic heterocycles. The SMILES string of the molecule is CC(C)(C)NCC1(c2cccnc2)CC2(CCCCC2)C1. The molecule has 2 heteroatoms. The minimum atomic E-state index is 0.185. The Morgan fingerprint density at radius 3 is 2.43 bits per heavy atom. The van der Waals surface area contributed by atoms with Gasteiger partial charge in [0.05, 0.1) is 0 Å². The largest absolute Gasteiger partial charge is 0.311 e. The second-order valence-corrected chi connectivity index (χ2v) is 8.54. The van der Waals surface area contributed by atoms with E-state index in [9.17, 15) is 0 Å². The van der Waals surface area contributed by atoms with Gasteiger partial charge >= 0.3 is 0 Å². The highest BCUT2D eigenvalue weighted by molar-refractivity contribution is 5.29. The Kier molecular flexibility index (Phi) is 3.85. The molecular weight excluding hydrogens is 256 g/mol. The zero-order chi connectivity index (χ0) is 15.0. The van der Waals surface area contributed by atoms with Crippen molar-refractivity contribution in [1.82, 2.24) is 10.3 Å². The molecule has 1 heterocycles. The topological polar surface area (TPSA) is 24.9 Å². The van der Waals surface area contributed by atoms with Gasteiger partial charge in [0.25, 0.3) is 0 Å². The van der Waals surface area contributed by atoms with E-state index in [4.69, 9.17) is 0 Å². The van der Waals surface area contributed by atoms with Crippen molar-refractivity contribution in [2.45, 2.75) is 76.7 Å². The van der Waals surface area contributed by atoms with Crippen molar-refractivity contribution in [3.8, 4) is 0 Å². The van der Waals surface area contributed by atoms with Crippen molar-refractivity contribution in [2.24, 2.45) is 5.41 Å². The molecule has 116 valence electrons. The third-order valence-electron chi connectivity index (χ3n) is 5.57. The molecular formula is C19H30N2. The fourth-order valence-electron chi connectivity index (χ4n) is 4.58. The van der Waals surface area contributed by atoms with Crippen LogP contribution < -0.4 is 5.32 Å². The monoisotopic (exact) mass is 286 g/mol. The van der Waals surface area contributed by atoms with Crippen LogP contribution in [0.5, 0.6) is 0 Å². The average Bonchev–Trinajstić information content (AvgIpc) is 2.44. The predicted octanol–water partition coefficient (Wildman–Crippen LogP) is 4.45. The van der Waals surface area contributed by atoms with E-state index < -0.39 is 0 Å². The van der Waals surface area contributed by atoms with Crippen LogP contribution in [0.25, 0.3) is 0 Å². The fourth-order valence-corrected chi connectivity index (χ4v) is 4.58. The second kappa shape index (κ2) is 5.39. The molecule has 0 unspecified atom stereocenters. The van der Waals surface area contributed by atoms with Crippen LogP contribution in [0.4, 0.5) is 0 Å². The summed E-state index contributed by atoms with van der Waals surface area (Å²) in [6.07, 6.45) is 13.9. The summed E-state index contributed by atoms with van der Waals surface area (Å²) in [6.45, 7) is 7.88. The van der Waals surface area contributed by atoms with Gasteiger partial charge in [-0.1, -0.05) is 25.3 Å². The first-order valence-electron chi connectivity index (χ1n) is 8.59. The van der Waals surface area contributed by atoms with Gasteiger partial charge < -0.3 is 5.32 Å². The minimum absolute atomic E-state index is 0.185. The summed E-state index contributed by atoms with van der Waals surface area (Å²) in [7, 11) is 0. The van der Waals surface area contributed by atoms with E-state index in [1.165, 1.54) is 50.5 Å². The van der Waals surface area contributed by atoms with Crippen LogP contribution in [0.15, 0.2) is 24.5 Å². The molecule has 0 atom stereocenters. The Labute approximate surface area is 129 Å².